The lowest BCUT2D eigenvalue weighted by atomic mass is 10.2. The third-order valence-corrected chi connectivity index (χ3v) is 1.80. The maximum Gasteiger partial charge on any atom is 0.123 e. The summed E-state index contributed by atoms with van der Waals surface area (Å²) in [6.07, 6.45) is 5.51. The van der Waals surface area contributed by atoms with Crippen LogP contribution in [0.25, 0.3) is 0 Å². The number of hydrogen-bond donors (Lipinski definition) is 0. The molecule has 2 aliphatic heterocycles. The van der Waals surface area contributed by atoms with E-state index < -0.39 is 0 Å². The Labute approximate surface area is 54.9 Å². The minimum atomic E-state index is 1.000. The molecule has 48 valence electrons. The molecule has 2 nitrogen and oxygen atoms in total. The van der Waals surface area contributed by atoms with Crippen molar-refractivity contribution in [2.45, 2.75) is 6.42 Å². The zero-order chi connectivity index (χ0) is 6.10. The number of rotatable bonds is 0. The van der Waals surface area contributed by atoms with E-state index in [1.807, 2.05) is 0 Å². The molecule has 0 unspecified atom stereocenters. The molecular weight excluding hydrogens is 112 g/mol. The van der Waals surface area contributed by atoms with Gasteiger partial charge in [0.1, 0.15) is 5.84 Å². The average Bonchev–Trinajstić information content (AvgIpc) is 2.33. The minimum Gasteiger partial charge on any atom is -0.355 e. The first kappa shape index (κ1) is 5.03. The highest BCUT2D eigenvalue weighted by molar-refractivity contribution is 5.94. The Bertz CT molecular complexity index is 170. The molecule has 0 radical (unpaired) electrons. The second kappa shape index (κ2) is 1.87. The third kappa shape index (κ3) is 0.745. The summed E-state index contributed by atoms with van der Waals surface area (Å²) in [5.74, 6) is 1.20. The maximum absolute atomic E-state index is 4.31. The first-order valence-corrected chi connectivity index (χ1v) is 3.43. The molecule has 0 aromatic rings. The SMILES string of the molecule is C1=CC2=NCCN2CC1. The highest BCUT2D eigenvalue weighted by Gasteiger charge is 2.15. The van der Waals surface area contributed by atoms with Crippen LogP contribution in [-0.2, 0) is 0 Å². The van der Waals surface area contributed by atoms with E-state index in [2.05, 4.69) is 22.0 Å². The molecule has 0 amide bonds. The van der Waals surface area contributed by atoms with Gasteiger partial charge in [0.15, 0.2) is 0 Å². The van der Waals surface area contributed by atoms with Crippen molar-refractivity contribution in [1.29, 1.82) is 0 Å². The molecule has 0 aromatic heterocycles. The monoisotopic (exact) mass is 122 g/mol. The third-order valence-electron chi connectivity index (χ3n) is 1.80. The van der Waals surface area contributed by atoms with Crippen LogP contribution in [0.1, 0.15) is 6.42 Å². The Morgan fingerprint density at radius 2 is 2.44 bits per heavy atom. The number of aliphatic imine (C=N–C) groups is 1. The molecule has 0 N–H and O–H groups in total. The van der Waals surface area contributed by atoms with Crippen LogP contribution in [0.2, 0.25) is 0 Å². The molecule has 2 rings (SSSR count). The summed E-state index contributed by atoms with van der Waals surface area (Å²) in [5.41, 5.74) is 0. The van der Waals surface area contributed by atoms with Crippen LogP contribution in [0.15, 0.2) is 17.1 Å². The van der Waals surface area contributed by atoms with Crippen molar-refractivity contribution in [2.24, 2.45) is 4.99 Å². The highest BCUT2D eigenvalue weighted by Crippen LogP contribution is 2.08. The quantitative estimate of drug-likeness (QED) is 0.461. The lowest BCUT2D eigenvalue weighted by molar-refractivity contribution is 0.460. The minimum absolute atomic E-state index is 1.000. The molecule has 0 saturated carbocycles. The lowest BCUT2D eigenvalue weighted by Crippen LogP contribution is -2.29. The van der Waals surface area contributed by atoms with Gasteiger partial charge in [-0.2, -0.15) is 0 Å². The van der Waals surface area contributed by atoms with E-state index >= 15 is 0 Å². The van der Waals surface area contributed by atoms with Crippen LogP contribution in [0, 0.1) is 0 Å². The smallest absolute Gasteiger partial charge is 0.123 e. The summed E-state index contributed by atoms with van der Waals surface area (Å²) < 4.78 is 0. The molecule has 2 aliphatic rings. The van der Waals surface area contributed by atoms with E-state index in [1.54, 1.807) is 0 Å². The number of fused-ring (bicyclic) bond motifs is 1. The molecule has 0 spiro atoms. The van der Waals surface area contributed by atoms with Crippen molar-refractivity contribution in [2.75, 3.05) is 19.6 Å². The molecule has 2 heterocycles. The molecule has 9 heavy (non-hydrogen) atoms. The number of hydrogen-bond acceptors (Lipinski definition) is 2. The van der Waals surface area contributed by atoms with Crippen molar-refractivity contribution in [1.82, 2.24) is 4.90 Å². The van der Waals surface area contributed by atoms with Crippen LogP contribution in [0.3, 0.4) is 0 Å². The number of amidine groups is 1. The van der Waals surface area contributed by atoms with Gasteiger partial charge in [-0.05, 0) is 12.5 Å². The largest absolute Gasteiger partial charge is 0.355 e. The normalized spacial score (nSPS) is 24.0. The van der Waals surface area contributed by atoms with Gasteiger partial charge in [0.2, 0.25) is 0 Å². The fraction of sp³-hybridized carbons (Fsp3) is 0.571. The summed E-state index contributed by atoms with van der Waals surface area (Å²) in [7, 11) is 0. The van der Waals surface area contributed by atoms with Crippen LogP contribution in [0.5, 0.6) is 0 Å². The summed E-state index contributed by atoms with van der Waals surface area (Å²) in [6, 6.07) is 0. The van der Waals surface area contributed by atoms with E-state index in [1.165, 1.54) is 18.8 Å². The van der Waals surface area contributed by atoms with Crippen LogP contribution >= 0.6 is 0 Å². The molecule has 0 bridgehead atoms. The van der Waals surface area contributed by atoms with Gasteiger partial charge in [-0.1, -0.05) is 6.08 Å². The van der Waals surface area contributed by atoms with Gasteiger partial charge < -0.3 is 4.90 Å². The highest BCUT2D eigenvalue weighted by atomic mass is 15.2. The van der Waals surface area contributed by atoms with Crippen LogP contribution in [-0.4, -0.2) is 30.4 Å². The first-order valence-electron chi connectivity index (χ1n) is 3.43. The Morgan fingerprint density at radius 3 is 3.33 bits per heavy atom. The van der Waals surface area contributed by atoms with Gasteiger partial charge in [-0.25, -0.2) is 0 Å². The molecule has 0 saturated heterocycles. The van der Waals surface area contributed by atoms with E-state index in [0.717, 1.165) is 13.1 Å². The summed E-state index contributed by atoms with van der Waals surface area (Å²) in [4.78, 5) is 6.65. The van der Waals surface area contributed by atoms with Crippen molar-refractivity contribution in [3.63, 3.8) is 0 Å². The average molecular weight is 122 g/mol. The molecule has 0 fully saturated rings. The predicted molar refractivity (Wildman–Crippen MR) is 37.6 cm³/mol. The molecular formula is C7H10N2. The van der Waals surface area contributed by atoms with Crippen LogP contribution in [0.4, 0.5) is 0 Å². The van der Waals surface area contributed by atoms with Crippen molar-refractivity contribution in [3.8, 4) is 0 Å². The van der Waals surface area contributed by atoms with Crippen molar-refractivity contribution < 1.29 is 0 Å². The second-order valence-corrected chi connectivity index (χ2v) is 2.42. The second-order valence-electron chi connectivity index (χ2n) is 2.42. The van der Waals surface area contributed by atoms with Gasteiger partial charge in [0, 0.05) is 13.1 Å². The predicted octanol–water partition coefficient (Wildman–Crippen LogP) is 0.660. The molecule has 0 atom stereocenters. The topological polar surface area (TPSA) is 15.6 Å². The molecule has 0 aromatic carbocycles. The maximum atomic E-state index is 4.31. The molecule has 2 heteroatoms. The summed E-state index contributed by atoms with van der Waals surface area (Å²) in [6.45, 7) is 3.31. The number of nitrogens with zero attached hydrogens (tertiary/aromatic N) is 2. The Hall–Kier alpha value is -0.790. The Kier molecular flexibility index (Phi) is 1.04. The van der Waals surface area contributed by atoms with E-state index in [-0.39, 0.29) is 0 Å². The van der Waals surface area contributed by atoms with Gasteiger partial charge in [-0.15, -0.1) is 0 Å². The van der Waals surface area contributed by atoms with E-state index in [4.69, 9.17) is 0 Å². The fourth-order valence-corrected chi connectivity index (χ4v) is 1.30. The first-order chi connectivity index (χ1) is 4.47. The Morgan fingerprint density at radius 1 is 1.44 bits per heavy atom. The van der Waals surface area contributed by atoms with Gasteiger partial charge in [0.05, 0.1) is 6.54 Å². The standard InChI is InChI=1S/C7H10N2/c1-2-5-9-6-4-8-7(9)3-1/h1,3H,2,4-6H2. The zero-order valence-corrected chi connectivity index (χ0v) is 5.38. The van der Waals surface area contributed by atoms with E-state index in [9.17, 15) is 0 Å². The summed E-state index contributed by atoms with van der Waals surface area (Å²) >= 11 is 0. The van der Waals surface area contributed by atoms with Gasteiger partial charge in [0.25, 0.3) is 0 Å². The van der Waals surface area contributed by atoms with Crippen molar-refractivity contribution in [3.05, 3.63) is 12.2 Å². The Balaban J connectivity index is 2.24. The zero-order valence-electron chi connectivity index (χ0n) is 5.38. The van der Waals surface area contributed by atoms with Gasteiger partial charge >= 0.3 is 0 Å². The van der Waals surface area contributed by atoms with Crippen LogP contribution < -0.4 is 0 Å². The van der Waals surface area contributed by atoms with E-state index in [0.29, 0.717) is 0 Å². The summed E-state index contributed by atoms with van der Waals surface area (Å²) in [5, 5.41) is 0. The molecule has 0 aliphatic carbocycles. The van der Waals surface area contributed by atoms with Crippen molar-refractivity contribution >= 4 is 5.84 Å². The van der Waals surface area contributed by atoms with Gasteiger partial charge in [-0.3, -0.25) is 4.99 Å². The lowest BCUT2D eigenvalue weighted by Gasteiger charge is -2.20. The fourth-order valence-electron chi connectivity index (χ4n) is 1.30.